The van der Waals surface area contributed by atoms with Crippen LogP contribution in [0.1, 0.15) is 74.1 Å². The van der Waals surface area contributed by atoms with Crippen molar-refractivity contribution in [1.29, 1.82) is 0 Å². The molecule has 0 fully saturated rings. The molecular formula is C19H35NO. The molecule has 0 aromatic carbocycles. The van der Waals surface area contributed by atoms with Crippen molar-refractivity contribution < 1.29 is 4.79 Å². The topological polar surface area (TPSA) is 29.1 Å². The SMILES string of the molecule is C=C(/C=C(/C)C(C)(CC)CC)C(=O)NC(CC)CC(C)C. The third kappa shape index (κ3) is 6.50. The molecule has 0 aliphatic heterocycles. The van der Waals surface area contributed by atoms with Crippen molar-refractivity contribution in [2.24, 2.45) is 11.3 Å². The van der Waals surface area contributed by atoms with Crippen LogP contribution in [0, 0.1) is 11.3 Å². The van der Waals surface area contributed by atoms with Crippen molar-refractivity contribution in [3.8, 4) is 0 Å². The minimum absolute atomic E-state index is 0.0311. The molecule has 0 saturated heterocycles. The quantitative estimate of drug-likeness (QED) is 0.456. The lowest BCUT2D eigenvalue weighted by molar-refractivity contribution is -0.117. The Labute approximate surface area is 132 Å². The highest BCUT2D eigenvalue weighted by molar-refractivity contribution is 5.95. The Hall–Kier alpha value is -1.05. The van der Waals surface area contributed by atoms with E-state index in [-0.39, 0.29) is 17.4 Å². The molecule has 2 heteroatoms. The summed E-state index contributed by atoms with van der Waals surface area (Å²) in [6, 6.07) is 0.242. The second kappa shape index (κ2) is 9.07. The van der Waals surface area contributed by atoms with Crippen LogP contribution in [0.4, 0.5) is 0 Å². The first-order chi connectivity index (χ1) is 9.69. The second-order valence-electron chi connectivity index (χ2n) is 6.83. The van der Waals surface area contributed by atoms with E-state index in [0.717, 1.165) is 25.7 Å². The highest BCUT2D eigenvalue weighted by atomic mass is 16.1. The van der Waals surface area contributed by atoms with Gasteiger partial charge in [0.05, 0.1) is 0 Å². The highest BCUT2D eigenvalue weighted by Gasteiger charge is 2.22. The molecule has 0 bridgehead atoms. The first-order valence-electron chi connectivity index (χ1n) is 8.38. The van der Waals surface area contributed by atoms with Gasteiger partial charge in [0, 0.05) is 11.6 Å². The Morgan fingerprint density at radius 1 is 1.24 bits per heavy atom. The van der Waals surface area contributed by atoms with Gasteiger partial charge in [-0.25, -0.2) is 0 Å². The fraction of sp³-hybridized carbons (Fsp3) is 0.737. The molecule has 1 unspecified atom stereocenters. The maximum absolute atomic E-state index is 12.3. The van der Waals surface area contributed by atoms with E-state index >= 15 is 0 Å². The molecule has 0 aliphatic rings. The van der Waals surface area contributed by atoms with Crippen LogP contribution in [-0.4, -0.2) is 11.9 Å². The number of hydrogen-bond donors (Lipinski definition) is 1. The third-order valence-corrected chi connectivity index (χ3v) is 4.78. The summed E-state index contributed by atoms with van der Waals surface area (Å²) in [5.41, 5.74) is 1.97. The minimum atomic E-state index is -0.0311. The van der Waals surface area contributed by atoms with Gasteiger partial charge in [0.2, 0.25) is 0 Å². The molecule has 0 saturated carbocycles. The second-order valence-corrected chi connectivity index (χ2v) is 6.83. The zero-order chi connectivity index (χ0) is 16.6. The largest absolute Gasteiger partial charge is 0.349 e. The molecule has 0 radical (unpaired) electrons. The predicted octanol–water partition coefficient (Wildman–Crippen LogP) is 5.26. The van der Waals surface area contributed by atoms with Gasteiger partial charge in [-0.05, 0) is 43.9 Å². The van der Waals surface area contributed by atoms with E-state index in [2.05, 4.69) is 60.4 Å². The lowest BCUT2D eigenvalue weighted by Crippen LogP contribution is -2.36. The zero-order valence-electron chi connectivity index (χ0n) is 15.2. The molecule has 122 valence electrons. The van der Waals surface area contributed by atoms with Crippen LogP contribution in [-0.2, 0) is 4.79 Å². The summed E-state index contributed by atoms with van der Waals surface area (Å²) >= 11 is 0. The monoisotopic (exact) mass is 293 g/mol. The highest BCUT2D eigenvalue weighted by Crippen LogP contribution is 2.34. The molecule has 1 atom stereocenters. The molecule has 0 aromatic rings. The van der Waals surface area contributed by atoms with Gasteiger partial charge in [-0.15, -0.1) is 0 Å². The van der Waals surface area contributed by atoms with Crippen molar-refractivity contribution in [2.45, 2.75) is 80.2 Å². The van der Waals surface area contributed by atoms with Gasteiger partial charge in [0.1, 0.15) is 0 Å². The predicted molar refractivity (Wildman–Crippen MR) is 93.3 cm³/mol. The Morgan fingerprint density at radius 3 is 2.14 bits per heavy atom. The van der Waals surface area contributed by atoms with Crippen LogP contribution in [0.15, 0.2) is 23.8 Å². The van der Waals surface area contributed by atoms with Gasteiger partial charge in [0.15, 0.2) is 0 Å². The average Bonchev–Trinajstić information content (AvgIpc) is 2.44. The molecule has 0 heterocycles. The lowest BCUT2D eigenvalue weighted by atomic mass is 9.77. The smallest absolute Gasteiger partial charge is 0.250 e. The van der Waals surface area contributed by atoms with E-state index in [0.29, 0.717) is 11.5 Å². The normalized spacial score (nSPS) is 14.2. The summed E-state index contributed by atoms with van der Waals surface area (Å²) < 4.78 is 0. The van der Waals surface area contributed by atoms with Crippen LogP contribution in [0.25, 0.3) is 0 Å². The van der Waals surface area contributed by atoms with Gasteiger partial charge in [-0.3, -0.25) is 4.79 Å². The molecular weight excluding hydrogens is 258 g/mol. The van der Waals surface area contributed by atoms with Crippen molar-refractivity contribution >= 4 is 5.91 Å². The first kappa shape index (κ1) is 19.9. The number of rotatable bonds is 9. The van der Waals surface area contributed by atoms with Crippen LogP contribution in [0.2, 0.25) is 0 Å². The van der Waals surface area contributed by atoms with E-state index in [1.165, 1.54) is 5.57 Å². The number of nitrogens with one attached hydrogen (secondary N) is 1. The lowest BCUT2D eigenvalue weighted by Gasteiger charge is -2.28. The van der Waals surface area contributed by atoms with Crippen LogP contribution < -0.4 is 5.32 Å². The van der Waals surface area contributed by atoms with Gasteiger partial charge in [-0.1, -0.05) is 59.8 Å². The number of amides is 1. The average molecular weight is 293 g/mol. The summed E-state index contributed by atoms with van der Waals surface area (Å²) in [6.45, 7) is 19.2. The number of allylic oxidation sites excluding steroid dienone is 1. The van der Waals surface area contributed by atoms with E-state index < -0.39 is 0 Å². The Balaban J connectivity index is 4.82. The van der Waals surface area contributed by atoms with Gasteiger partial charge < -0.3 is 5.32 Å². The van der Waals surface area contributed by atoms with Crippen molar-refractivity contribution in [2.75, 3.05) is 0 Å². The molecule has 2 nitrogen and oxygen atoms in total. The molecule has 21 heavy (non-hydrogen) atoms. The number of carbonyl (C=O) groups excluding carboxylic acids is 1. The molecule has 0 aliphatic carbocycles. The molecule has 0 rings (SSSR count). The fourth-order valence-corrected chi connectivity index (χ4v) is 2.48. The number of carbonyl (C=O) groups is 1. The van der Waals surface area contributed by atoms with E-state index in [1.54, 1.807) is 0 Å². The molecule has 1 amide bonds. The van der Waals surface area contributed by atoms with E-state index in [1.807, 2.05) is 6.08 Å². The van der Waals surface area contributed by atoms with Crippen LogP contribution in [0.5, 0.6) is 0 Å². The van der Waals surface area contributed by atoms with Crippen LogP contribution in [0.3, 0.4) is 0 Å². The zero-order valence-corrected chi connectivity index (χ0v) is 15.2. The van der Waals surface area contributed by atoms with E-state index in [4.69, 9.17) is 0 Å². The molecule has 1 N–H and O–H groups in total. The van der Waals surface area contributed by atoms with E-state index in [9.17, 15) is 4.79 Å². The van der Waals surface area contributed by atoms with Crippen LogP contribution >= 0.6 is 0 Å². The first-order valence-corrected chi connectivity index (χ1v) is 8.38. The summed E-state index contributed by atoms with van der Waals surface area (Å²) in [5.74, 6) is 0.556. The van der Waals surface area contributed by atoms with Gasteiger partial charge >= 0.3 is 0 Å². The standard InChI is InChI=1S/C19H35NO/c1-9-17(12-14(4)5)20-18(21)15(6)13-16(7)19(8,10-2)11-3/h13-14,17H,6,9-12H2,1-5,7-8H3,(H,20,21)/b16-13-. The summed E-state index contributed by atoms with van der Waals surface area (Å²) in [7, 11) is 0. The van der Waals surface area contributed by atoms with Crippen molar-refractivity contribution in [3.05, 3.63) is 23.8 Å². The Bertz CT molecular complexity index is 375. The van der Waals surface area contributed by atoms with Crippen molar-refractivity contribution in [1.82, 2.24) is 5.32 Å². The number of hydrogen-bond acceptors (Lipinski definition) is 1. The van der Waals surface area contributed by atoms with Crippen molar-refractivity contribution in [3.63, 3.8) is 0 Å². The minimum Gasteiger partial charge on any atom is -0.349 e. The maximum atomic E-state index is 12.3. The third-order valence-electron chi connectivity index (χ3n) is 4.78. The van der Waals surface area contributed by atoms with Gasteiger partial charge in [-0.2, -0.15) is 0 Å². The summed E-state index contributed by atoms with van der Waals surface area (Å²) in [5, 5.41) is 3.11. The van der Waals surface area contributed by atoms with Gasteiger partial charge in [0.25, 0.3) is 5.91 Å². The Kier molecular flexibility index (Phi) is 8.61. The Morgan fingerprint density at radius 2 is 1.76 bits per heavy atom. The molecule has 0 spiro atoms. The molecule has 0 aromatic heterocycles. The summed E-state index contributed by atoms with van der Waals surface area (Å²) in [4.78, 5) is 12.3. The fourth-order valence-electron chi connectivity index (χ4n) is 2.48. The summed E-state index contributed by atoms with van der Waals surface area (Å²) in [6.07, 6.45) is 6.09. The maximum Gasteiger partial charge on any atom is 0.250 e.